The van der Waals surface area contributed by atoms with Crippen molar-refractivity contribution in [2.24, 2.45) is 5.41 Å². The number of nitrogens with zero attached hydrogens (tertiary/aromatic N) is 1. The van der Waals surface area contributed by atoms with E-state index in [0.29, 0.717) is 12.8 Å². The molecule has 2 fully saturated rings. The molecule has 1 saturated heterocycles. The lowest BCUT2D eigenvalue weighted by atomic mass is 9.76. The third-order valence-electron chi connectivity index (χ3n) is 4.16. The second kappa shape index (κ2) is 4.71. The van der Waals surface area contributed by atoms with Crippen LogP contribution in [0.3, 0.4) is 0 Å². The normalized spacial score (nSPS) is 24.6. The predicted octanol–water partition coefficient (Wildman–Crippen LogP) is 1.56. The van der Waals surface area contributed by atoms with Crippen molar-refractivity contribution >= 4 is 17.8 Å². The Balaban J connectivity index is 2.09. The van der Waals surface area contributed by atoms with Gasteiger partial charge in [0.05, 0.1) is 6.42 Å². The SMILES string of the molecule is CC(CC(=O)O)N1C(=O)CC2(CCCC2)CC1=O. The summed E-state index contributed by atoms with van der Waals surface area (Å²) < 4.78 is 0. The minimum Gasteiger partial charge on any atom is -0.481 e. The Morgan fingerprint density at radius 3 is 2.22 bits per heavy atom. The molecule has 0 aromatic heterocycles. The molecule has 1 atom stereocenters. The molecular formula is C13H19NO4. The molecule has 0 aromatic carbocycles. The molecule has 1 N–H and O–H groups in total. The van der Waals surface area contributed by atoms with Crippen LogP contribution in [0.25, 0.3) is 0 Å². The smallest absolute Gasteiger partial charge is 0.305 e. The number of carboxylic acids is 1. The molecule has 1 aliphatic carbocycles. The number of piperidine rings is 1. The van der Waals surface area contributed by atoms with E-state index in [1.165, 1.54) is 0 Å². The van der Waals surface area contributed by atoms with Gasteiger partial charge < -0.3 is 5.11 Å². The first-order chi connectivity index (χ1) is 8.43. The van der Waals surface area contributed by atoms with Gasteiger partial charge in [-0.25, -0.2) is 0 Å². The number of carbonyl (C=O) groups is 3. The third-order valence-corrected chi connectivity index (χ3v) is 4.16. The first-order valence-electron chi connectivity index (χ1n) is 6.50. The summed E-state index contributed by atoms with van der Waals surface area (Å²) in [5.74, 6) is -1.37. The maximum absolute atomic E-state index is 12.1. The highest BCUT2D eigenvalue weighted by atomic mass is 16.4. The number of carbonyl (C=O) groups excluding carboxylic acids is 2. The minimum atomic E-state index is -0.982. The quantitative estimate of drug-likeness (QED) is 0.774. The van der Waals surface area contributed by atoms with Crippen LogP contribution in [-0.2, 0) is 14.4 Å². The summed E-state index contributed by atoms with van der Waals surface area (Å²) in [6, 6.07) is -0.541. The lowest BCUT2D eigenvalue weighted by Crippen LogP contribution is -2.51. The van der Waals surface area contributed by atoms with Gasteiger partial charge in [-0.3, -0.25) is 19.3 Å². The molecule has 18 heavy (non-hydrogen) atoms. The lowest BCUT2D eigenvalue weighted by molar-refractivity contribution is -0.156. The fourth-order valence-electron chi connectivity index (χ4n) is 3.33. The van der Waals surface area contributed by atoms with Crippen LogP contribution in [0.5, 0.6) is 0 Å². The molecule has 1 heterocycles. The molecule has 1 saturated carbocycles. The number of likely N-dealkylation sites (tertiary alicyclic amines) is 1. The lowest BCUT2D eigenvalue weighted by Gasteiger charge is -2.39. The van der Waals surface area contributed by atoms with Crippen LogP contribution in [0.2, 0.25) is 0 Å². The second-order valence-electron chi connectivity index (χ2n) is 5.67. The Hall–Kier alpha value is -1.39. The zero-order chi connectivity index (χ0) is 13.3. The molecule has 2 aliphatic rings. The van der Waals surface area contributed by atoms with Crippen molar-refractivity contribution in [3.63, 3.8) is 0 Å². The number of hydrogen-bond acceptors (Lipinski definition) is 3. The number of amides is 2. The molecule has 0 radical (unpaired) electrons. The summed E-state index contributed by atoms with van der Waals surface area (Å²) in [6.45, 7) is 1.62. The van der Waals surface area contributed by atoms with Crippen LogP contribution in [0, 0.1) is 5.41 Å². The van der Waals surface area contributed by atoms with Gasteiger partial charge in [0.1, 0.15) is 0 Å². The summed E-state index contributed by atoms with van der Waals surface area (Å²) in [6.07, 6.45) is 4.71. The molecule has 100 valence electrons. The molecule has 5 heteroatoms. The van der Waals surface area contributed by atoms with Gasteiger partial charge >= 0.3 is 5.97 Å². The highest BCUT2D eigenvalue weighted by Crippen LogP contribution is 2.47. The maximum Gasteiger partial charge on any atom is 0.305 e. The van der Waals surface area contributed by atoms with Crippen LogP contribution < -0.4 is 0 Å². The minimum absolute atomic E-state index is 0.117. The van der Waals surface area contributed by atoms with Crippen LogP contribution in [-0.4, -0.2) is 33.8 Å². The number of hydrogen-bond donors (Lipinski definition) is 1. The molecule has 5 nitrogen and oxygen atoms in total. The molecular weight excluding hydrogens is 234 g/mol. The molecule has 0 bridgehead atoms. The summed E-state index contributed by atoms with van der Waals surface area (Å²) in [7, 11) is 0. The first kappa shape index (κ1) is 13.1. The van der Waals surface area contributed by atoms with Crippen LogP contribution >= 0.6 is 0 Å². The van der Waals surface area contributed by atoms with Crippen molar-refractivity contribution in [3.05, 3.63) is 0 Å². The van der Waals surface area contributed by atoms with Gasteiger partial charge in [-0.05, 0) is 25.2 Å². The van der Waals surface area contributed by atoms with E-state index in [-0.39, 0.29) is 23.7 Å². The van der Waals surface area contributed by atoms with Crippen molar-refractivity contribution < 1.29 is 19.5 Å². The van der Waals surface area contributed by atoms with Gasteiger partial charge in [0.2, 0.25) is 11.8 Å². The topological polar surface area (TPSA) is 74.7 Å². The zero-order valence-electron chi connectivity index (χ0n) is 10.6. The number of imide groups is 1. The first-order valence-corrected chi connectivity index (χ1v) is 6.50. The number of carboxylic acid groups (broad SMARTS) is 1. The average molecular weight is 253 g/mol. The molecule has 0 aromatic rings. The number of aliphatic carboxylic acids is 1. The fraction of sp³-hybridized carbons (Fsp3) is 0.769. The van der Waals surface area contributed by atoms with E-state index < -0.39 is 12.0 Å². The van der Waals surface area contributed by atoms with Gasteiger partial charge in [-0.2, -0.15) is 0 Å². The Bertz CT molecular complexity index is 364. The van der Waals surface area contributed by atoms with Crippen molar-refractivity contribution in [1.82, 2.24) is 4.90 Å². The summed E-state index contributed by atoms with van der Waals surface area (Å²) in [5.41, 5.74) is -0.117. The Morgan fingerprint density at radius 2 is 1.78 bits per heavy atom. The Kier molecular flexibility index (Phi) is 3.41. The molecule has 1 spiro atoms. The van der Waals surface area contributed by atoms with E-state index in [2.05, 4.69) is 0 Å². The van der Waals surface area contributed by atoms with Gasteiger partial charge in [0.15, 0.2) is 0 Å². The van der Waals surface area contributed by atoms with E-state index in [9.17, 15) is 14.4 Å². The van der Waals surface area contributed by atoms with Crippen molar-refractivity contribution in [2.45, 2.75) is 57.9 Å². The molecule has 2 amide bonds. The monoisotopic (exact) mass is 253 g/mol. The van der Waals surface area contributed by atoms with E-state index in [1.54, 1.807) is 6.92 Å². The van der Waals surface area contributed by atoms with Crippen molar-refractivity contribution in [3.8, 4) is 0 Å². The second-order valence-corrected chi connectivity index (χ2v) is 5.67. The summed E-state index contributed by atoms with van der Waals surface area (Å²) in [4.78, 5) is 36.0. The standard InChI is InChI=1S/C13H19NO4/c1-9(6-12(17)18)14-10(15)7-13(8-11(14)16)4-2-3-5-13/h9H,2-8H2,1H3,(H,17,18). The highest BCUT2D eigenvalue weighted by molar-refractivity contribution is 5.99. The fourth-order valence-corrected chi connectivity index (χ4v) is 3.33. The van der Waals surface area contributed by atoms with Gasteiger partial charge in [-0.15, -0.1) is 0 Å². The molecule has 1 unspecified atom stereocenters. The Labute approximate surface area is 106 Å². The van der Waals surface area contributed by atoms with Crippen molar-refractivity contribution in [1.29, 1.82) is 0 Å². The van der Waals surface area contributed by atoms with Crippen LogP contribution in [0.1, 0.15) is 51.9 Å². The van der Waals surface area contributed by atoms with Crippen LogP contribution in [0.4, 0.5) is 0 Å². The molecule has 1 aliphatic heterocycles. The number of rotatable bonds is 3. The molecule has 2 rings (SSSR count). The van der Waals surface area contributed by atoms with Crippen molar-refractivity contribution in [2.75, 3.05) is 0 Å². The van der Waals surface area contributed by atoms with E-state index >= 15 is 0 Å². The highest BCUT2D eigenvalue weighted by Gasteiger charge is 2.46. The Morgan fingerprint density at radius 1 is 1.28 bits per heavy atom. The predicted molar refractivity (Wildman–Crippen MR) is 63.7 cm³/mol. The zero-order valence-corrected chi connectivity index (χ0v) is 10.6. The van der Waals surface area contributed by atoms with Gasteiger partial charge in [0.25, 0.3) is 0 Å². The largest absolute Gasteiger partial charge is 0.481 e. The maximum atomic E-state index is 12.1. The van der Waals surface area contributed by atoms with Gasteiger partial charge in [-0.1, -0.05) is 12.8 Å². The summed E-state index contributed by atoms with van der Waals surface area (Å²) in [5, 5.41) is 8.74. The van der Waals surface area contributed by atoms with E-state index in [4.69, 9.17) is 5.11 Å². The third kappa shape index (κ3) is 2.40. The van der Waals surface area contributed by atoms with E-state index in [1.807, 2.05) is 0 Å². The van der Waals surface area contributed by atoms with Crippen LogP contribution in [0.15, 0.2) is 0 Å². The van der Waals surface area contributed by atoms with Gasteiger partial charge in [0, 0.05) is 18.9 Å². The average Bonchev–Trinajstić information content (AvgIpc) is 2.63. The summed E-state index contributed by atoms with van der Waals surface area (Å²) >= 11 is 0. The van der Waals surface area contributed by atoms with E-state index in [0.717, 1.165) is 30.6 Å².